The van der Waals surface area contributed by atoms with Crippen LogP contribution in [-0.4, -0.2) is 19.6 Å². The molecule has 3 aromatic heterocycles. The monoisotopic (exact) mass is 422 g/mol. The number of aryl methyl sites for hydroxylation is 1. The van der Waals surface area contributed by atoms with Crippen LogP contribution in [0.5, 0.6) is 0 Å². The molecule has 0 aliphatic rings. The molecule has 0 aliphatic heterocycles. The van der Waals surface area contributed by atoms with Gasteiger partial charge in [-0.2, -0.15) is 18.3 Å². The predicted molar refractivity (Wildman–Crippen MR) is 101 cm³/mol. The first-order valence-corrected chi connectivity index (χ1v) is 8.84. The van der Waals surface area contributed by atoms with Gasteiger partial charge in [-0.1, -0.05) is 29.3 Å². The Morgan fingerprint density at radius 2 is 1.75 bits per heavy atom. The zero-order valence-corrected chi connectivity index (χ0v) is 15.8. The molecule has 0 atom stereocenters. The highest BCUT2D eigenvalue weighted by atomic mass is 35.5. The van der Waals surface area contributed by atoms with Gasteiger partial charge in [0.05, 0.1) is 21.9 Å². The van der Waals surface area contributed by atoms with Crippen molar-refractivity contribution < 1.29 is 13.2 Å². The van der Waals surface area contributed by atoms with Crippen LogP contribution in [-0.2, 0) is 6.18 Å². The number of halogens is 5. The van der Waals surface area contributed by atoms with Gasteiger partial charge in [-0.3, -0.25) is 4.98 Å². The van der Waals surface area contributed by atoms with Crippen molar-refractivity contribution in [3.8, 4) is 22.4 Å². The number of pyridine rings is 1. The molecule has 142 valence electrons. The van der Waals surface area contributed by atoms with Gasteiger partial charge in [-0.15, -0.1) is 0 Å². The Labute approximate surface area is 167 Å². The lowest BCUT2D eigenvalue weighted by atomic mass is 10.1. The minimum atomic E-state index is -4.62. The Hall–Kier alpha value is -2.64. The molecule has 0 aliphatic carbocycles. The molecule has 0 saturated carbocycles. The van der Waals surface area contributed by atoms with Gasteiger partial charge in [-0.25, -0.2) is 9.50 Å². The summed E-state index contributed by atoms with van der Waals surface area (Å²) in [5, 5.41) is 4.46. The van der Waals surface area contributed by atoms with E-state index in [4.69, 9.17) is 23.2 Å². The van der Waals surface area contributed by atoms with E-state index in [9.17, 15) is 13.2 Å². The van der Waals surface area contributed by atoms with Crippen LogP contribution in [0, 0.1) is 6.92 Å². The first kappa shape index (κ1) is 18.7. The van der Waals surface area contributed by atoms with Gasteiger partial charge >= 0.3 is 6.18 Å². The maximum Gasteiger partial charge on any atom is 0.433 e. The van der Waals surface area contributed by atoms with Crippen molar-refractivity contribution in [3.63, 3.8) is 0 Å². The highest BCUT2D eigenvalue weighted by Crippen LogP contribution is 2.35. The van der Waals surface area contributed by atoms with Crippen molar-refractivity contribution in [1.29, 1.82) is 0 Å². The molecular weight excluding hydrogens is 412 g/mol. The van der Waals surface area contributed by atoms with Gasteiger partial charge in [0.25, 0.3) is 0 Å². The molecule has 28 heavy (non-hydrogen) atoms. The zero-order chi connectivity index (χ0) is 20.1. The van der Waals surface area contributed by atoms with Crippen molar-refractivity contribution in [2.75, 3.05) is 0 Å². The molecule has 9 heteroatoms. The number of aromatic nitrogens is 4. The lowest BCUT2D eigenvalue weighted by molar-refractivity contribution is -0.142. The van der Waals surface area contributed by atoms with Crippen LogP contribution in [0.1, 0.15) is 11.4 Å². The van der Waals surface area contributed by atoms with E-state index in [2.05, 4.69) is 15.1 Å². The van der Waals surface area contributed by atoms with E-state index in [0.717, 1.165) is 16.3 Å². The van der Waals surface area contributed by atoms with Gasteiger partial charge in [0.15, 0.2) is 11.3 Å². The van der Waals surface area contributed by atoms with E-state index in [-0.39, 0.29) is 16.4 Å². The molecule has 0 N–H and O–H groups in total. The number of alkyl halides is 3. The Morgan fingerprint density at radius 3 is 2.43 bits per heavy atom. The first-order valence-electron chi connectivity index (χ1n) is 8.08. The van der Waals surface area contributed by atoms with Crippen molar-refractivity contribution in [3.05, 3.63) is 70.2 Å². The molecular formula is C19H11Cl2F3N4. The normalized spacial score (nSPS) is 11.9. The maximum atomic E-state index is 13.7. The second-order valence-corrected chi connectivity index (χ2v) is 6.95. The van der Waals surface area contributed by atoms with Crippen LogP contribution in [0.3, 0.4) is 0 Å². The van der Waals surface area contributed by atoms with Crippen LogP contribution in [0.25, 0.3) is 28.0 Å². The maximum absolute atomic E-state index is 13.7. The topological polar surface area (TPSA) is 43.1 Å². The summed E-state index contributed by atoms with van der Waals surface area (Å²) in [4.78, 5) is 8.55. The molecule has 0 saturated heterocycles. The molecule has 0 spiro atoms. The average Bonchev–Trinajstić information content (AvgIpc) is 3.06. The third-order valence-corrected chi connectivity index (χ3v) is 4.92. The Balaban J connectivity index is 2.01. The lowest BCUT2D eigenvalue weighted by Crippen LogP contribution is -2.13. The predicted octanol–water partition coefficient (Wildman–Crippen LogP) is 6.09. The van der Waals surface area contributed by atoms with Gasteiger partial charge in [-0.05, 0) is 42.8 Å². The molecule has 1 aromatic carbocycles. The van der Waals surface area contributed by atoms with Gasteiger partial charge < -0.3 is 0 Å². The Bertz CT molecular complexity index is 1200. The zero-order valence-electron chi connectivity index (χ0n) is 14.3. The average molecular weight is 423 g/mol. The summed E-state index contributed by atoms with van der Waals surface area (Å²) in [5.41, 5.74) is 1.56. The Morgan fingerprint density at radius 1 is 0.964 bits per heavy atom. The van der Waals surface area contributed by atoms with Gasteiger partial charge in [0.1, 0.15) is 0 Å². The molecule has 4 aromatic rings. The second-order valence-electron chi connectivity index (χ2n) is 6.13. The highest BCUT2D eigenvalue weighted by molar-refractivity contribution is 6.42. The summed E-state index contributed by atoms with van der Waals surface area (Å²) in [6.45, 7) is 1.80. The molecule has 0 bridgehead atoms. The number of benzene rings is 1. The van der Waals surface area contributed by atoms with E-state index < -0.39 is 11.9 Å². The number of rotatable bonds is 2. The van der Waals surface area contributed by atoms with E-state index in [1.165, 1.54) is 18.3 Å². The fourth-order valence-electron chi connectivity index (χ4n) is 2.88. The molecule has 4 nitrogen and oxygen atoms in total. The van der Waals surface area contributed by atoms with Crippen molar-refractivity contribution in [2.24, 2.45) is 0 Å². The van der Waals surface area contributed by atoms with Gasteiger partial charge in [0, 0.05) is 23.0 Å². The lowest BCUT2D eigenvalue weighted by Gasteiger charge is -2.12. The number of fused-ring (bicyclic) bond motifs is 1. The molecule has 0 fully saturated rings. The van der Waals surface area contributed by atoms with Crippen LogP contribution >= 0.6 is 23.2 Å². The van der Waals surface area contributed by atoms with E-state index in [0.29, 0.717) is 21.7 Å². The van der Waals surface area contributed by atoms with Crippen LogP contribution in [0.15, 0.2) is 48.8 Å². The first-order chi connectivity index (χ1) is 13.2. The Kier molecular flexibility index (Phi) is 4.51. The van der Waals surface area contributed by atoms with Gasteiger partial charge in [0.2, 0.25) is 0 Å². The summed E-state index contributed by atoms with van der Waals surface area (Å²) >= 11 is 11.9. The molecule has 3 heterocycles. The number of hydrogen-bond donors (Lipinski definition) is 0. The third kappa shape index (κ3) is 3.31. The van der Waals surface area contributed by atoms with Crippen molar-refractivity contribution >= 4 is 28.8 Å². The summed E-state index contributed by atoms with van der Waals surface area (Å²) in [7, 11) is 0. The summed E-state index contributed by atoms with van der Waals surface area (Å²) in [6, 6.07) is 8.97. The summed E-state index contributed by atoms with van der Waals surface area (Å²) in [5.74, 6) is 0. The number of hydrogen-bond acceptors (Lipinski definition) is 3. The van der Waals surface area contributed by atoms with Crippen LogP contribution < -0.4 is 0 Å². The van der Waals surface area contributed by atoms with Crippen LogP contribution in [0.2, 0.25) is 10.0 Å². The number of nitrogens with zero attached hydrogens (tertiary/aromatic N) is 4. The van der Waals surface area contributed by atoms with Crippen molar-refractivity contribution in [1.82, 2.24) is 19.6 Å². The highest BCUT2D eigenvalue weighted by Gasteiger charge is 2.35. The van der Waals surface area contributed by atoms with E-state index in [1.807, 2.05) is 0 Å². The second kappa shape index (κ2) is 6.76. The fraction of sp³-hybridized carbons (Fsp3) is 0.105. The minimum Gasteiger partial charge on any atom is -0.262 e. The molecule has 0 unspecified atom stereocenters. The summed E-state index contributed by atoms with van der Waals surface area (Å²) in [6.07, 6.45) is -1.67. The standard InChI is InChI=1S/C19H11Cl2F3N4/c1-10-6-11(4-5-25-10)13-9-26-28-17(19(22,23)24)8-16(27-18(13)28)12-2-3-14(20)15(21)7-12/h2-9H,1H3. The minimum absolute atomic E-state index is 0.0847. The summed E-state index contributed by atoms with van der Waals surface area (Å²) < 4.78 is 41.9. The van der Waals surface area contributed by atoms with E-state index in [1.54, 1.807) is 31.3 Å². The quantitative estimate of drug-likeness (QED) is 0.392. The smallest absolute Gasteiger partial charge is 0.262 e. The largest absolute Gasteiger partial charge is 0.433 e. The third-order valence-electron chi connectivity index (χ3n) is 4.19. The molecule has 4 rings (SSSR count). The van der Waals surface area contributed by atoms with Crippen molar-refractivity contribution in [2.45, 2.75) is 13.1 Å². The fourth-order valence-corrected chi connectivity index (χ4v) is 3.18. The molecule has 0 radical (unpaired) electrons. The van der Waals surface area contributed by atoms with Crippen LogP contribution in [0.4, 0.5) is 13.2 Å². The molecule has 0 amide bonds. The SMILES string of the molecule is Cc1cc(-c2cnn3c(C(F)(F)F)cc(-c4ccc(Cl)c(Cl)c4)nc23)ccn1. The van der Waals surface area contributed by atoms with E-state index >= 15 is 0 Å².